The zero-order chi connectivity index (χ0) is 15.7. The number of aromatic carboxylic acids is 1. The van der Waals surface area contributed by atoms with Crippen molar-refractivity contribution in [2.45, 2.75) is 13.8 Å². The first kappa shape index (κ1) is 13.9. The van der Waals surface area contributed by atoms with E-state index in [1.54, 1.807) is 28.8 Å². The van der Waals surface area contributed by atoms with E-state index in [1.807, 2.05) is 32.0 Å². The summed E-state index contributed by atoms with van der Waals surface area (Å²) >= 11 is 0. The van der Waals surface area contributed by atoms with Crippen molar-refractivity contribution >= 4 is 23.1 Å². The molecule has 0 spiro atoms. The van der Waals surface area contributed by atoms with Gasteiger partial charge in [0.2, 0.25) is 0 Å². The molecule has 0 unspecified atom stereocenters. The maximum Gasteiger partial charge on any atom is 0.358 e. The van der Waals surface area contributed by atoms with Gasteiger partial charge in [-0.15, -0.1) is 10.2 Å². The predicted molar refractivity (Wildman–Crippen MR) is 82.2 cm³/mol. The highest BCUT2D eigenvalue weighted by Crippen LogP contribution is 2.27. The Morgan fingerprint density at radius 2 is 1.82 bits per heavy atom. The van der Waals surface area contributed by atoms with Gasteiger partial charge in [0.1, 0.15) is 5.65 Å². The Bertz CT molecular complexity index is 876. The maximum absolute atomic E-state index is 11.4. The van der Waals surface area contributed by atoms with Crippen LogP contribution in [0.5, 0.6) is 0 Å². The topological polar surface area (TPSA) is 79.3 Å². The normalized spacial score (nSPS) is 11.4. The fourth-order valence-electron chi connectivity index (χ4n) is 2.28. The number of aromatic nitrogens is 2. The van der Waals surface area contributed by atoms with Crippen LogP contribution in [0.2, 0.25) is 0 Å². The van der Waals surface area contributed by atoms with Crippen LogP contribution in [0.1, 0.15) is 21.6 Å². The van der Waals surface area contributed by atoms with Crippen LogP contribution in [-0.4, -0.2) is 20.5 Å². The molecule has 1 aromatic carbocycles. The molecule has 0 aliphatic heterocycles. The van der Waals surface area contributed by atoms with E-state index >= 15 is 0 Å². The van der Waals surface area contributed by atoms with Crippen LogP contribution < -0.4 is 0 Å². The highest BCUT2D eigenvalue weighted by molar-refractivity contribution is 5.91. The molecular weight excluding hydrogens is 280 g/mol. The lowest BCUT2D eigenvalue weighted by Crippen LogP contribution is -1.96. The second-order valence-corrected chi connectivity index (χ2v) is 4.96. The zero-order valence-electron chi connectivity index (χ0n) is 12.2. The molecule has 0 atom stereocenters. The van der Waals surface area contributed by atoms with E-state index in [0.29, 0.717) is 5.65 Å². The van der Waals surface area contributed by atoms with Gasteiger partial charge in [0, 0.05) is 6.20 Å². The number of carboxylic acids is 1. The van der Waals surface area contributed by atoms with E-state index in [-0.39, 0.29) is 11.5 Å². The first-order valence-corrected chi connectivity index (χ1v) is 6.76. The molecule has 6 heteroatoms. The smallest absolute Gasteiger partial charge is 0.358 e. The van der Waals surface area contributed by atoms with Crippen LogP contribution in [0.15, 0.2) is 52.8 Å². The maximum atomic E-state index is 11.4. The van der Waals surface area contributed by atoms with Crippen molar-refractivity contribution in [1.29, 1.82) is 0 Å². The third-order valence-electron chi connectivity index (χ3n) is 3.39. The van der Waals surface area contributed by atoms with Crippen molar-refractivity contribution in [1.82, 2.24) is 9.38 Å². The Morgan fingerprint density at radius 1 is 1.09 bits per heavy atom. The summed E-state index contributed by atoms with van der Waals surface area (Å²) in [5.74, 6) is -0.912. The van der Waals surface area contributed by atoms with Crippen LogP contribution in [0.3, 0.4) is 0 Å². The average Bonchev–Trinajstić information content (AvgIpc) is 2.86. The van der Waals surface area contributed by atoms with Crippen molar-refractivity contribution in [3.8, 4) is 0 Å². The number of rotatable bonds is 3. The number of aryl methyl sites for hydroxylation is 2. The van der Waals surface area contributed by atoms with E-state index < -0.39 is 5.97 Å². The zero-order valence-corrected chi connectivity index (χ0v) is 12.2. The van der Waals surface area contributed by atoms with Gasteiger partial charge in [0.15, 0.2) is 11.5 Å². The number of hydrogen-bond acceptors (Lipinski definition) is 4. The van der Waals surface area contributed by atoms with Gasteiger partial charge in [-0.1, -0.05) is 24.3 Å². The standard InChI is InChI=1S/C16H14N4O2/c1-10-6-5-7-11(2)13(10)18-19-15-14(16(21)22)17-12-8-3-4-9-20(12)15/h3-9H,1-2H3,(H,21,22). The van der Waals surface area contributed by atoms with Crippen LogP contribution in [0, 0.1) is 13.8 Å². The van der Waals surface area contributed by atoms with Gasteiger partial charge in [-0.3, -0.25) is 4.40 Å². The molecule has 1 N–H and O–H groups in total. The quantitative estimate of drug-likeness (QED) is 0.739. The second kappa shape index (κ2) is 5.40. The minimum Gasteiger partial charge on any atom is -0.476 e. The highest BCUT2D eigenvalue weighted by atomic mass is 16.4. The van der Waals surface area contributed by atoms with E-state index in [2.05, 4.69) is 15.2 Å². The number of pyridine rings is 1. The minimum absolute atomic E-state index is 0.110. The van der Waals surface area contributed by atoms with Gasteiger partial charge in [-0.25, -0.2) is 9.78 Å². The monoisotopic (exact) mass is 294 g/mol. The summed E-state index contributed by atoms with van der Waals surface area (Å²) in [4.78, 5) is 15.4. The summed E-state index contributed by atoms with van der Waals surface area (Å²) in [6.45, 7) is 3.88. The van der Waals surface area contributed by atoms with E-state index in [9.17, 15) is 9.90 Å². The molecule has 22 heavy (non-hydrogen) atoms. The fourth-order valence-corrected chi connectivity index (χ4v) is 2.28. The molecule has 0 aliphatic carbocycles. The van der Waals surface area contributed by atoms with E-state index in [1.165, 1.54) is 0 Å². The van der Waals surface area contributed by atoms with Crippen LogP contribution >= 0.6 is 0 Å². The summed E-state index contributed by atoms with van der Waals surface area (Å²) in [6, 6.07) is 11.1. The lowest BCUT2D eigenvalue weighted by molar-refractivity contribution is 0.0692. The predicted octanol–water partition coefficient (Wildman–Crippen LogP) is 4.06. The Labute approximate surface area is 126 Å². The number of hydrogen-bond donors (Lipinski definition) is 1. The van der Waals surface area contributed by atoms with E-state index in [0.717, 1.165) is 16.8 Å². The molecule has 0 saturated heterocycles. The van der Waals surface area contributed by atoms with Crippen molar-refractivity contribution in [3.05, 3.63) is 59.4 Å². The first-order chi connectivity index (χ1) is 10.6. The number of nitrogens with zero attached hydrogens (tertiary/aromatic N) is 4. The number of carbonyl (C=O) groups is 1. The Kier molecular flexibility index (Phi) is 3.42. The molecule has 3 aromatic rings. The Hall–Kier alpha value is -3.02. The van der Waals surface area contributed by atoms with Crippen molar-refractivity contribution in [2.75, 3.05) is 0 Å². The van der Waals surface area contributed by atoms with Crippen LogP contribution in [0.4, 0.5) is 11.5 Å². The Morgan fingerprint density at radius 3 is 2.50 bits per heavy atom. The molecule has 0 bridgehead atoms. The van der Waals surface area contributed by atoms with Gasteiger partial charge in [0.05, 0.1) is 5.69 Å². The van der Waals surface area contributed by atoms with E-state index in [4.69, 9.17) is 0 Å². The molecule has 3 rings (SSSR count). The van der Waals surface area contributed by atoms with Crippen LogP contribution in [-0.2, 0) is 0 Å². The summed E-state index contributed by atoms with van der Waals surface area (Å²) in [7, 11) is 0. The number of fused-ring (bicyclic) bond motifs is 1. The van der Waals surface area contributed by atoms with Crippen LogP contribution in [0.25, 0.3) is 5.65 Å². The third kappa shape index (κ3) is 2.35. The minimum atomic E-state index is -1.13. The fraction of sp³-hybridized carbons (Fsp3) is 0.125. The molecule has 6 nitrogen and oxygen atoms in total. The largest absolute Gasteiger partial charge is 0.476 e. The molecule has 110 valence electrons. The summed E-state index contributed by atoms with van der Waals surface area (Å²) in [6.07, 6.45) is 1.72. The molecule has 2 heterocycles. The number of carboxylic acid groups (broad SMARTS) is 1. The Balaban J connectivity index is 2.16. The second-order valence-electron chi connectivity index (χ2n) is 4.96. The summed E-state index contributed by atoms with van der Waals surface area (Å²) in [5, 5.41) is 17.7. The van der Waals surface area contributed by atoms with Gasteiger partial charge in [0.25, 0.3) is 0 Å². The molecular formula is C16H14N4O2. The average molecular weight is 294 g/mol. The number of imidazole rings is 1. The van der Waals surface area contributed by atoms with Crippen molar-refractivity contribution in [2.24, 2.45) is 10.2 Å². The van der Waals surface area contributed by atoms with Gasteiger partial charge >= 0.3 is 5.97 Å². The number of azo groups is 1. The molecule has 2 aromatic heterocycles. The SMILES string of the molecule is Cc1cccc(C)c1N=Nc1c(C(=O)O)nc2ccccn12. The lowest BCUT2D eigenvalue weighted by Gasteiger charge is -2.02. The number of benzene rings is 1. The molecule has 0 fully saturated rings. The molecule has 0 aliphatic rings. The molecule has 0 radical (unpaired) electrons. The van der Waals surface area contributed by atoms with Gasteiger partial charge in [-0.2, -0.15) is 0 Å². The lowest BCUT2D eigenvalue weighted by atomic mass is 10.1. The molecule has 0 amide bonds. The van der Waals surface area contributed by atoms with Crippen molar-refractivity contribution in [3.63, 3.8) is 0 Å². The first-order valence-electron chi connectivity index (χ1n) is 6.76. The van der Waals surface area contributed by atoms with Gasteiger partial charge in [-0.05, 0) is 37.1 Å². The summed E-state index contributed by atoms with van der Waals surface area (Å²) in [5.41, 5.74) is 3.12. The molecule has 0 saturated carbocycles. The van der Waals surface area contributed by atoms with Gasteiger partial charge < -0.3 is 5.11 Å². The van der Waals surface area contributed by atoms with Crippen molar-refractivity contribution < 1.29 is 9.90 Å². The third-order valence-corrected chi connectivity index (χ3v) is 3.39. The highest BCUT2D eigenvalue weighted by Gasteiger charge is 2.18. The summed E-state index contributed by atoms with van der Waals surface area (Å²) < 4.78 is 1.61.